The third-order valence-electron chi connectivity index (χ3n) is 3.26. The molecule has 88 valence electrons. The fourth-order valence-electron chi connectivity index (χ4n) is 2.27. The van der Waals surface area contributed by atoms with Gasteiger partial charge in [0.1, 0.15) is 0 Å². The normalized spacial score (nSPS) is 10.8. The van der Waals surface area contributed by atoms with E-state index in [0.717, 1.165) is 4.90 Å². The molecule has 0 aromatic heterocycles. The average molecular weight is 250 g/mol. The van der Waals surface area contributed by atoms with E-state index in [1.54, 1.807) is 0 Å². The van der Waals surface area contributed by atoms with E-state index < -0.39 is 0 Å². The van der Waals surface area contributed by atoms with Gasteiger partial charge in [0.05, 0.1) is 0 Å². The number of fused-ring (bicyclic) bond motifs is 1. The van der Waals surface area contributed by atoms with Crippen LogP contribution in [-0.4, -0.2) is 0 Å². The Balaban J connectivity index is 2.30. The van der Waals surface area contributed by atoms with Gasteiger partial charge in [0.15, 0.2) is 0 Å². The molecule has 3 aromatic carbocycles. The zero-order valence-electron chi connectivity index (χ0n) is 10.2. The van der Waals surface area contributed by atoms with Crippen LogP contribution < -0.4 is 0 Å². The fraction of sp³-hybridized carbons (Fsp3) is 0.0588. The molecule has 0 heterocycles. The van der Waals surface area contributed by atoms with Crippen LogP contribution in [0.5, 0.6) is 0 Å². The molecule has 0 saturated heterocycles. The molecule has 0 bridgehead atoms. The maximum absolute atomic E-state index is 4.53. The molecule has 0 atom stereocenters. The molecule has 0 saturated carbocycles. The molecule has 0 nitrogen and oxygen atoms in total. The minimum absolute atomic E-state index is 1.03. The first-order valence-corrected chi connectivity index (χ1v) is 6.48. The van der Waals surface area contributed by atoms with Crippen molar-refractivity contribution in [3.8, 4) is 11.1 Å². The van der Waals surface area contributed by atoms with Gasteiger partial charge in [0, 0.05) is 4.90 Å². The van der Waals surface area contributed by atoms with Gasteiger partial charge in [-0.25, -0.2) is 0 Å². The van der Waals surface area contributed by atoms with Gasteiger partial charge < -0.3 is 0 Å². The van der Waals surface area contributed by atoms with Crippen molar-refractivity contribution >= 4 is 23.4 Å². The van der Waals surface area contributed by atoms with Gasteiger partial charge in [0.2, 0.25) is 0 Å². The highest BCUT2D eigenvalue weighted by Gasteiger charge is 2.05. The first kappa shape index (κ1) is 11.4. The van der Waals surface area contributed by atoms with Crippen LogP contribution in [0.15, 0.2) is 65.6 Å². The zero-order chi connectivity index (χ0) is 12.5. The Morgan fingerprint density at radius 1 is 0.722 bits per heavy atom. The summed E-state index contributed by atoms with van der Waals surface area (Å²) in [5, 5.41) is 2.47. The predicted molar refractivity (Wildman–Crippen MR) is 81.4 cm³/mol. The molecular formula is C17H14S. The number of hydrogen-bond donors (Lipinski definition) is 1. The predicted octanol–water partition coefficient (Wildman–Crippen LogP) is 5.10. The monoisotopic (exact) mass is 250 g/mol. The number of hydrogen-bond acceptors (Lipinski definition) is 1. The van der Waals surface area contributed by atoms with E-state index in [9.17, 15) is 0 Å². The zero-order valence-corrected chi connectivity index (χ0v) is 11.1. The van der Waals surface area contributed by atoms with Crippen molar-refractivity contribution in [3.63, 3.8) is 0 Å². The summed E-state index contributed by atoms with van der Waals surface area (Å²) >= 11 is 4.53. The summed E-state index contributed by atoms with van der Waals surface area (Å²) in [7, 11) is 0. The van der Waals surface area contributed by atoms with Crippen LogP contribution >= 0.6 is 12.6 Å². The molecule has 0 aliphatic heterocycles. The van der Waals surface area contributed by atoms with Crippen LogP contribution in [0.3, 0.4) is 0 Å². The lowest BCUT2D eigenvalue weighted by Crippen LogP contribution is -1.83. The fourth-order valence-corrected chi connectivity index (χ4v) is 2.54. The summed E-state index contributed by atoms with van der Waals surface area (Å²) in [6.07, 6.45) is 0. The molecule has 0 aliphatic carbocycles. The van der Waals surface area contributed by atoms with Crippen LogP contribution in [0.25, 0.3) is 21.9 Å². The Hall–Kier alpha value is -1.73. The molecule has 0 radical (unpaired) electrons. The van der Waals surface area contributed by atoms with E-state index in [0.29, 0.717) is 0 Å². The Bertz CT molecular complexity index is 696. The van der Waals surface area contributed by atoms with Crippen LogP contribution in [0.2, 0.25) is 0 Å². The number of benzene rings is 3. The third kappa shape index (κ3) is 1.91. The molecule has 3 rings (SSSR count). The maximum Gasteiger partial charge on any atom is 0.0119 e. The van der Waals surface area contributed by atoms with E-state index in [1.807, 2.05) is 0 Å². The van der Waals surface area contributed by atoms with Gasteiger partial charge in [-0.15, -0.1) is 12.6 Å². The van der Waals surface area contributed by atoms with Gasteiger partial charge in [-0.05, 0) is 34.9 Å². The molecule has 0 spiro atoms. The van der Waals surface area contributed by atoms with Crippen molar-refractivity contribution in [2.24, 2.45) is 0 Å². The van der Waals surface area contributed by atoms with Gasteiger partial charge in [-0.1, -0.05) is 60.2 Å². The lowest BCUT2D eigenvalue weighted by atomic mass is 9.98. The van der Waals surface area contributed by atoms with Gasteiger partial charge in [-0.2, -0.15) is 0 Å². The average Bonchev–Trinajstić information content (AvgIpc) is 2.41. The second-order valence-electron chi connectivity index (χ2n) is 4.54. The largest absolute Gasteiger partial charge is 0.143 e. The highest BCUT2D eigenvalue weighted by atomic mass is 32.1. The summed E-state index contributed by atoms with van der Waals surface area (Å²) in [6, 6.07) is 21.3. The lowest BCUT2D eigenvalue weighted by Gasteiger charge is -2.09. The molecule has 0 fully saturated rings. The SMILES string of the molecule is Cc1ccc(-c2ccc(S)c3ccccc23)cc1. The van der Waals surface area contributed by atoms with Gasteiger partial charge in [0.25, 0.3) is 0 Å². The minimum Gasteiger partial charge on any atom is -0.143 e. The van der Waals surface area contributed by atoms with E-state index in [1.165, 1.54) is 27.5 Å². The molecule has 1 heteroatoms. The minimum atomic E-state index is 1.03. The van der Waals surface area contributed by atoms with Crippen LogP contribution in [0.4, 0.5) is 0 Å². The van der Waals surface area contributed by atoms with Gasteiger partial charge in [-0.3, -0.25) is 0 Å². The van der Waals surface area contributed by atoms with Crippen molar-refractivity contribution in [1.29, 1.82) is 0 Å². The molecule has 0 N–H and O–H groups in total. The first-order valence-electron chi connectivity index (χ1n) is 6.03. The second-order valence-corrected chi connectivity index (χ2v) is 5.03. The Labute approximate surface area is 113 Å². The lowest BCUT2D eigenvalue weighted by molar-refractivity contribution is 1.47. The van der Waals surface area contributed by atoms with Crippen molar-refractivity contribution in [1.82, 2.24) is 0 Å². The van der Waals surface area contributed by atoms with Crippen molar-refractivity contribution in [3.05, 3.63) is 66.2 Å². The maximum atomic E-state index is 4.53. The van der Waals surface area contributed by atoms with Crippen LogP contribution in [0, 0.1) is 6.92 Å². The molecular weight excluding hydrogens is 236 g/mol. The summed E-state index contributed by atoms with van der Waals surface area (Å²) in [4.78, 5) is 1.03. The second kappa shape index (κ2) is 4.51. The topological polar surface area (TPSA) is 0 Å². The van der Waals surface area contributed by atoms with Crippen LogP contribution in [0.1, 0.15) is 5.56 Å². The van der Waals surface area contributed by atoms with Gasteiger partial charge >= 0.3 is 0 Å². The summed E-state index contributed by atoms with van der Waals surface area (Å²) in [5.74, 6) is 0. The van der Waals surface area contributed by atoms with Crippen LogP contribution in [-0.2, 0) is 0 Å². The Morgan fingerprint density at radius 2 is 1.39 bits per heavy atom. The first-order chi connectivity index (χ1) is 8.75. The highest BCUT2D eigenvalue weighted by molar-refractivity contribution is 7.80. The number of aryl methyl sites for hydroxylation is 1. The molecule has 18 heavy (non-hydrogen) atoms. The van der Waals surface area contributed by atoms with E-state index in [2.05, 4.69) is 80.2 Å². The number of rotatable bonds is 1. The number of thiol groups is 1. The van der Waals surface area contributed by atoms with Crippen molar-refractivity contribution in [2.75, 3.05) is 0 Å². The van der Waals surface area contributed by atoms with Crippen molar-refractivity contribution in [2.45, 2.75) is 11.8 Å². The Morgan fingerprint density at radius 3 is 2.11 bits per heavy atom. The molecule has 0 aliphatic rings. The summed E-state index contributed by atoms with van der Waals surface area (Å²) in [6.45, 7) is 2.11. The van der Waals surface area contributed by atoms with E-state index in [-0.39, 0.29) is 0 Å². The highest BCUT2D eigenvalue weighted by Crippen LogP contribution is 2.32. The quantitative estimate of drug-likeness (QED) is 0.570. The summed E-state index contributed by atoms with van der Waals surface area (Å²) < 4.78 is 0. The van der Waals surface area contributed by atoms with Crippen molar-refractivity contribution < 1.29 is 0 Å². The Kier molecular flexibility index (Phi) is 2.85. The molecule has 3 aromatic rings. The molecule has 0 unspecified atom stereocenters. The summed E-state index contributed by atoms with van der Waals surface area (Å²) in [5.41, 5.74) is 3.81. The van der Waals surface area contributed by atoms with E-state index >= 15 is 0 Å². The standard InChI is InChI=1S/C17H14S/c1-12-6-8-13(9-7-12)14-10-11-17(18)16-5-3-2-4-15(14)16/h2-11,18H,1H3. The molecule has 0 amide bonds. The smallest absolute Gasteiger partial charge is 0.0119 e. The third-order valence-corrected chi connectivity index (χ3v) is 3.65. The van der Waals surface area contributed by atoms with E-state index in [4.69, 9.17) is 0 Å².